The number of para-hydroxylation sites is 2. The molecule has 1 N–H and O–H groups in total. The molecule has 0 aliphatic carbocycles. The highest BCUT2D eigenvalue weighted by molar-refractivity contribution is 5.91. The van der Waals surface area contributed by atoms with Gasteiger partial charge in [-0.1, -0.05) is 29.8 Å². The number of aryl methyl sites for hydroxylation is 1. The van der Waals surface area contributed by atoms with Crippen LogP contribution in [-0.4, -0.2) is 25.8 Å². The summed E-state index contributed by atoms with van der Waals surface area (Å²) >= 11 is 0. The molecule has 0 radical (unpaired) electrons. The lowest BCUT2D eigenvalue weighted by Gasteiger charge is -2.08. The van der Waals surface area contributed by atoms with Gasteiger partial charge in [-0.3, -0.25) is 9.79 Å². The molecule has 3 aromatic carbocycles. The summed E-state index contributed by atoms with van der Waals surface area (Å²) in [5.41, 5.74) is 3.58. The first kappa shape index (κ1) is 19.2. The number of hydrogen-bond acceptors (Lipinski definition) is 4. The van der Waals surface area contributed by atoms with Crippen molar-refractivity contribution in [1.82, 2.24) is 0 Å². The molecule has 0 bridgehead atoms. The zero-order chi connectivity index (χ0) is 19.8. The number of nitrogens with zero attached hydrogens (tertiary/aromatic N) is 1. The molecule has 5 heteroatoms. The van der Waals surface area contributed by atoms with Gasteiger partial charge in [0.1, 0.15) is 17.2 Å². The Balaban J connectivity index is 1.53. The van der Waals surface area contributed by atoms with Crippen LogP contribution >= 0.6 is 0 Å². The van der Waals surface area contributed by atoms with Gasteiger partial charge in [-0.15, -0.1) is 0 Å². The van der Waals surface area contributed by atoms with Gasteiger partial charge < -0.3 is 14.8 Å². The Morgan fingerprint density at radius 1 is 1.00 bits per heavy atom. The molecule has 0 saturated carbocycles. The van der Waals surface area contributed by atoms with Crippen molar-refractivity contribution in [2.75, 3.05) is 19.0 Å². The third kappa shape index (κ3) is 5.45. The van der Waals surface area contributed by atoms with Crippen molar-refractivity contribution in [3.05, 3.63) is 83.9 Å². The van der Waals surface area contributed by atoms with Crippen molar-refractivity contribution >= 4 is 23.5 Å². The van der Waals surface area contributed by atoms with Crippen molar-refractivity contribution in [2.24, 2.45) is 4.99 Å². The fourth-order valence-corrected chi connectivity index (χ4v) is 2.51. The number of anilines is 1. The van der Waals surface area contributed by atoms with E-state index in [0.29, 0.717) is 5.75 Å². The summed E-state index contributed by atoms with van der Waals surface area (Å²) in [4.78, 5) is 16.4. The van der Waals surface area contributed by atoms with Crippen LogP contribution in [0.25, 0.3) is 0 Å². The van der Waals surface area contributed by atoms with E-state index in [0.717, 1.165) is 28.3 Å². The minimum Gasteiger partial charge on any atom is -0.494 e. The van der Waals surface area contributed by atoms with E-state index in [1.54, 1.807) is 13.3 Å². The molecule has 0 aliphatic heterocycles. The molecule has 0 atom stereocenters. The van der Waals surface area contributed by atoms with E-state index >= 15 is 0 Å². The fraction of sp³-hybridized carbons (Fsp3) is 0.130. The number of nitrogens with one attached hydrogen (secondary N) is 1. The number of amides is 1. The van der Waals surface area contributed by atoms with Crippen LogP contribution in [-0.2, 0) is 4.79 Å². The van der Waals surface area contributed by atoms with Crippen molar-refractivity contribution in [1.29, 1.82) is 0 Å². The van der Waals surface area contributed by atoms with Gasteiger partial charge in [-0.05, 0) is 61.0 Å². The second kappa shape index (κ2) is 9.37. The summed E-state index contributed by atoms with van der Waals surface area (Å²) < 4.78 is 10.8. The molecule has 3 rings (SSSR count). The summed E-state index contributed by atoms with van der Waals surface area (Å²) in [5, 5.41) is 2.80. The highest BCUT2D eigenvalue weighted by Crippen LogP contribution is 2.26. The van der Waals surface area contributed by atoms with E-state index < -0.39 is 0 Å². The molecule has 5 nitrogen and oxygen atoms in total. The minimum atomic E-state index is -0.203. The number of rotatable bonds is 7. The van der Waals surface area contributed by atoms with Crippen LogP contribution in [0.1, 0.15) is 11.1 Å². The second-order valence-electron chi connectivity index (χ2n) is 6.20. The van der Waals surface area contributed by atoms with Gasteiger partial charge in [0.05, 0.1) is 7.11 Å². The smallest absolute Gasteiger partial charge is 0.262 e. The molecule has 0 heterocycles. The lowest BCUT2D eigenvalue weighted by molar-refractivity contribution is -0.118. The third-order valence-electron chi connectivity index (χ3n) is 4.02. The lowest BCUT2D eigenvalue weighted by atomic mass is 10.2. The summed E-state index contributed by atoms with van der Waals surface area (Å²) in [5.74, 6) is 1.14. The molecule has 0 fully saturated rings. The molecule has 1 amide bonds. The summed E-state index contributed by atoms with van der Waals surface area (Å²) in [6.07, 6.45) is 1.76. The molecule has 0 saturated heterocycles. The normalized spacial score (nSPS) is 10.6. The Labute approximate surface area is 164 Å². The van der Waals surface area contributed by atoms with Crippen LogP contribution in [0, 0.1) is 6.92 Å². The van der Waals surface area contributed by atoms with Crippen LogP contribution in [0.4, 0.5) is 11.4 Å². The average molecular weight is 374 g/mol. The van der Waals surface area contributed by atoms with Gasteiger partial charge in [0.15, 0.2) is 6.61 Å². The predicted molar refractivity (Wildman–Crippen MR) is 112 cm³/mol. The second-order valence-corrected chi connectivity index (χ2v) is 6.20. The van der Waals surface area contributed by atoms with E-state index in [-0.39, 0.29) is 12.5 Å². The van der Waals surface area contributed by atoms with Crippen LogP contribution in [0.15, 0.2) is 77.8 Å². The SMILES string of the molecule is COc1ccccc1N=Cc1ccc(OCC(=O)Nc2ccc(C)cc2)cc1. The van der Waals surface area contributed by atoms with Crippen molar-refractivity contribution in [3.8, 4) is 11.5 Å². The van der Waals surface area contributed by atoms with Gasteiger partial charge in [0.25, 0.3) is 5.91 Å². The Bertz CT molecular complexity index is 948. The molecule has 3 aromatic rings. The van der Waals surface area contributed by atoms with Gasteiger partial charge in [0.2, 0.25) is 0 Å². The van der Waals surface area contributed by atoms with Crippen LogP contribution < -0.4 is 14.8 Å². The number of hydrogen-bond donors (Lipinski definition) is 1. The number of benzene rings is 3. The lowest BCUT2D eigenvalue weighted by Crippen LogP contribution is -2.20. The maximum absolute atomic E-state index is 12.0. The number of ether oxygens (including phenoxy) is 2. The Morgan fingerprint density at radius 2 is 1.71 bits per heavy atom. The largest absolute Gasteiger partial charge is 0.494 e. The number of carbonyl (C=O) groups is 1. The highest BCUT2D eigenvalue weighted by atomic mass is 16.5. The molecule has 0 unspecified atom stereocenters. The van der Waals surface area contributed by atoms with E-state index in [1.165, 1.54) is 0 Å². The van der Waals surface area contributed by atoms with Crippen LogP contribution in [0.5, 0.6) is 11.5 Å². The average Bonchev–Trinajstić information content (AvgIpc) is 2.73. The zero-order valence-corrected chi connectivity index (χ0v) is 15.9. The number of carbonyl (C=O) groups excluding carboxylic acids is 1. The summed E-state index contributed by atoms with van der Waals surface area (Å²) in [6.45, 7) is 1.95. The van der Waals surface area contributed by atoms with Crippen molar-refractivity contribution in [2.45, 2.75) is 6.92 Å². The van der Waals surface area contributed by atoms with E-state index in [9.17, 15) is 4.79 Å². The van der Waals surface area contributed by atoms with E-state index in [1.807, 2.05) is 79.7 Å². The monoisotopic (exact) mass is 374 g/mol. The first-order chi connectivity index (χ1) is 13.6. The zero-order valence-electron chi connectivity index (χ0n) is 15.9. The molecule has 0 aromatic heterocycles. The quantitative estimate of drug-likeness (QED) is 0.606. The highest BCUT2D eigenvalue weighted by Gasteiger charge is 2.04. The molecule has 0 aliphatic rings. The molecule has 142 valence electrons. The standard InChI is InChI=1S/C23H22N2O3/c1-17-7-11-19(12-8-17)25-23(26)16-28-20-13-9-18(10-14-20)15-24-21-5-3-4-6-22(21)27-2/h3-15H,16H2,1-2H3,(H,25,26). The maximum Gasteiger partial charge on any atom is 0.262 e. The van der Waals surface area contributed by atoms with E-state index in [2.05, 4.69) is 10.3 Å². The molecule has 0 spiro atoms. The maximum atomic E-state index is 12.0. The third-order valence-corrected chi connectivity index (χ3v) is 4.02. The van der Waals surface area contributed by atoms with Crippen molar-refractivity contribution in [3.63, 3.8) is 0 Å². The van der Waals surface area contributed by atoms with Crippen LogP contribution in [0.3, 0.4) is 0 Å². The van der Waals surface area contributed by atoms with Crippen LogP contribution in [0.2, 0.25) is 0 Å². The minimum absolute atomic E-state index is 0.0530. The molecule has 28 heavy (non-hydrogen) atoms. The summed E-state index contributed by atoms with van der Waals surface area (Å²) in [6, 6.07) is 22.6. The van der Waals surface area contributed by atoms with Gasteiger partial charge in [-0.2, -0.15) is 0 Å². The fourth-order valence-electron chi connectivity index (χ4n) is 2.51. The van der Waals surface area contributed by atoms with Gasteiger partial charge in [0, 0.05) is 11.9 Å². The topological polar surface area (TPSA) is 59.9 Å². The predicted octanol–water partition coefficient (Wildman–Crippen LogP) is 4.77. The number of methoxy groups -OCH3 is 1. The first-order valence-corrected chi connectivity index (χ1v) is 8.90. The van der Waals surface area contributed by atoms with Gasteiger partial charge in [-0.25, -0.2) is 0 Å². The Kier molecular flexibility index (Phi) is 6.41. The van der Waals surface area contributed by atoms with Gasteiger partial charge >= 0.3 is 0 Å². The number of aliphatic imine (C=N–C) groups is 1. The Hall–Kier alpha value is -3.60. The molecular formula is C23H22N2O3. The first-order valence-electron chi connectivity index (χ1n) is 8.90. The van der Waals surface area contributed by atoms with E-state index in [4.69, 9.17) is 9.47 Å². The Morgan fingerprint density at radius 3 is 2.43 bits per heavy atom. The van der Waals surface area contributed by atoms with Crippen molar-refractivity contribution < 1.29 is 14.3 Å². The summed E-state index contributed by atoms with van der Waals surface area (Å²) in [7, 11) is 1.62. The molecular weight excluding hydrogens is 352 g/mol.